The lowest BCUT2D eigenvalue weighted by molar-refractivity contribution is 0.102. The van der Waals surface area contributed by atoms with Gasteiger partial charge in [0.15, 0.2) is 0 Å². The minimum atomic E-state index is -3.38. The first-order valence-corrected chi connectivity index (χ1v) is 9.38. The van der Waals surface area contributed by atoms with Crippen LogP contribution in [0.2, 0.25) is 5.02 Å². The Labute approximate surface area is 147 Å². The van der Waals surface area contributed by atoms with E-state index in [9.17, 15) is 13.2 Å². The Bertz CT molecular complexity index is 866. The number of hydrogen-bond donors (Lipinski definition) is 1. The first-order valence-electron chi connectivity index (χ1n) is 7.39. The highest BCUT2D eigenvalue weighted by molar-refractivity contribution is 7.92. The molecule has 0 spiro atoms. The zero-order chi connectivity index (χ0) is 17.9. The van der Waals surface area contributed by atoms with Gasteiger partial charge in [0.1, 0.15) is 0 Å². The first-order chi connectivity index (χ1) is 11.3. The summed E-state index contributed by atoms with van der Waals surface area (Å²) in [6.45, 7) is 3.39. The Morgan fingerprint density at radius 2 is 1.88 bits per heavy atom. The van der Waals surface area contributed by atoms with Crippen LogP contribution < -0.4 is 9.62 Å². The van der Waals surface area contributed by atoms with Crippen molar-refractivity contribution in [1.82, 2.24) is 0 Å². The summed E-state index contributed by atoms with van der Waals surface area (Å²) in [4.78, 5) is 12.4. The molecule has 1 N–H and O–H groups in total. The molecular weight excluding hydrogens is 348 g/mol. The van der Waals surface area contributed by atoms with Crippen LogP contribution in [0.25, 0.3) is 0 Å². The minimum Gasteiger partial charge on any atom is -0.322 e. The molecule has 7 heteroatoms. The van der Waals surface area contributed by atoms with Crippen molar-refractivity contribution in [3.8, 4) is 0 Å². The van der Waals surface area contributed by atoms with E-state index in [1.165, 1.54) is 11.4 Å². The highest BCUT2D eigenvalue weighted by Crippen LogP contribution is 2.24. The van der Waals surface area contributed by atoms with Gasteiger partial charge in [0, 0.05) is 23.3 Å². The smallest absolute Gasteiger partial charge is 0.255 e. The van der Waals surface area contributed by atoms with E-state index in [2.05, 4.69) is 5.32 Å². The maximum Gasteiger partial charge on any atom is 0.255 e. The third-order valence-corrected chi connectivity index (χ3v) is 5.95. The highest BCUT2D eigenvalue weighted by Gasteiger charge is 2.17. The molecule has 2 aromatic rings. The van der Waals surface area contributed by atoms with Gasteiger partial charge in [-0.25, -0.2) is 8.42 Å². The van der Waals surface area contributed by atoms with Gasteiger partial charge in [-0.1, -0.05) is 23.7 Å². The molecule has 0 aromatic heterocycles. The summed E-state index contributed by atoms with van der Waals surface area (Å²) < 4.78 is 25.1. The molecule has 24 heavy (non-hydrogen) atoms. The number of carbonyl (C=O) groups is 1. The van der Waals surface area contributed by atoms with Gasteiger partial charge >= 0.3 is 0 Å². The highest BCUT2D eigenvalue weighted by atomic mass is 35.5. The summed E-state index contributed by atoms with van der Waals surface area (Å²) in [7, 11) is -1.91. The normalized spacial score (nSPS) is 11.2. The Kier molecular flexibility index (Phi) is 5.51. The summed E-state index contributed by atoms with van der Waals surface area (Å²) in [5.41, 5.74) is 2.19. The van der Waals surface area contributed by atoms with E-state index in [-0.39, 0.29) is 11.7 Å². The number of nitrogens with one attached hydrogen (secondary N) is 1. The van der Waals surface area contributed by atoms with E-state index in [0.717, 1.165) is 5.56 Å². The van der Waals surface area contributed by atoms with Crippen LogP contribution in [0, 0.1) is 6.92 Å². The number of rotatable bonds is 5. The standard InChI is InChI=1S/C17H19ClN2O3S/c1-4-24(22,23)20(3)14-8-5-7-13(11-14)17(21)19-16-10-6-9-15(18)12(16)2/h5-11H,4H2,1-3H3,(H,19,21). The Morgan fingerprint density at radius 1 is 1.21 bits per heavy atom. The Hall–Kier alpha value is -2.05. The van der Waals surface area contributed by atoms with Gasteiger partial charge < -0.3 is 5.32 Å². The van der Waals surface area contributed by atoms with Crippen molar-refractivity contribution in [3.63, 3.8) is 0 Å². The van der Waals surface area contributed by atoms with E-state index >= 15 is 0 Å². The molecule has 0 aliphatic rings. The fraction of sp³-hybridized carbons (Fsp3) is 0.235. The average Bonchev–Trinajstić information content (AvgIpc) is 2.58. The van der Waals surface area contributed by atoms with Crippen molar-refractivity contribution in [2.75, 3.05) is 22.4 Å². The molecule has 0 aliphatic carbocycles. The lowest BCUT2D eigenvalue weighted by atomic mass is 10.1. The maximum atomic E-state index is 12.4. The average molecular weight is 367 g/mol. The monoisotopic (exact) mass is 366 g/mol. The molecule has 128 valence electrons. The molecule has 0 aliphatic heterocycles. The SMILES string of the molecule is CCS(=O)(=O)N(C)c1cccc(C(=O)Nc2cccc(Cl)c2C)c1. The fourth-order valence-corrected chi connectivity index (χ4v) is 3.13. The van der Waals surface area contributed by atoms with E-state index in [1.54, 1.807) is 49.4 Å². The Balaban J connectivity index is 2.28. The van der Waals surface area contributed by atoms with Crippen LogP contribution in [0.5, 0.6) is 0 Å². The van der Waals surface area contributed by atoms with Gasteiger partial charge in [-0.05, 0) is 49.7 Å². The van der Waals surface area contributed by atoms with Gasteiger partial charge in [0.05, 0.1) is 11.4 Å². The molecule has 0 heterocycles. The molecule has 1 amide bonds. The summed E-state index contributed by atoms with van der Waals surface area (Å²) >= 11 is 6.05. The van der Waals surface area contributed by atoms with Crippen LogP contribution in [-0.4, -0.2) is 27.1 Å². The maximum absolute atomic E-state index is 12.4. The zero-order valence-corrected chi connectivity index (χ0v) is 15.3. The lowest BCUT2D eigenvalue weighted by Crippen LogP contribution is -2.28. The lowest BCUT2D eigenvalue weighted by Gasteiger charge is -2.19. The number of hydrogen-bond acceptors (Lipinski definition) is 3. The molecule has 0 atom stereocenters. The second-order valence-electron chi connectivity index (χ2n) is 5.28. The first kappa shape index (κ1) is 18.3. The summed E-state index contributed by atoms with van der Waals surface area (Å²) in [5.74, 6) is -0.341. The van der Waals surface area contributed by atoms with E-state index in [0.29, 0.717) is 22.0 Å². The predicted molar refractivity (Wildman–Crippen MR) is 98.4 cm³/mol. The molecule has 2 aromatic carbocycles. The van der Waals surface area contributed by atoms with Crippen LogP contribution in [-0.2, 0) is 10.0 Å². The number of sulfonamides is 1. The molecule has 0 bridgehead atoms. The summed E-state index contributed by atoms with van der Waals surface area (Å²) in [6, 6.07) is 11.7. The van der Waals surface area contributed by atoms with Crippen LogP contribution in [0.1, 0.15) is 22.8 Å². The van der Waals surface area contributed by atoms with Crippen LogP contribution in [0.15, 0.2) is 42.5 Å². The van der Waals surface area contributed by atoms with Gasteiger partial charge in [-0.2, -0.15) is 0 Å². The topological polar surface area (TPSA) is 66.5 Å². The predicted octanol–water partition coefficient (Wildman–Crippen LogP) is 3.69. The van der Waals surface area contributed by atoms with Crippen molar-refractivity contribution in [1.29, 1.82) is 0 Å². The molecule has 0 fully saturated rings. The van der Waals surface area contributed by atoms with Gasteiger partial charge in [-0.3, -0.25) is 9.10 Å². The fourth-order valence-electron chi connectivity index (χ4n) is 2.13. The molecule has 0 saturated carbocycles. The summed E-state index contributed by atoms with van der Waals surface area (Å²) in [5, 5.41) is 3.36. The van der Waals surface area contributed by atoms with Crippen LogP contribution >= 0.6 is 11.6 Å². The molecule has 2 rings (SSSR count). The van der Waals surface area contributed by atoms with Gasteiger partial charge in [0.25, 0.3) is 5.91 Å². The molecular formula is C17H19ClN2O3S. The molecule has 5 nitrogen and oxygen atoms in total. The van der Waals surface area contributed by atoms with E-state index in [4.69, 9.17) is 11.6 Å². The third kappa shape index (κ3) is 3.88. The van der Waals surface area contributed by atoms with Gasteiger partial charge in [-0.15, -0.1) is 0 Å². The minimum absolute atomic E-state index is 0.0123. The van der Waals surface area contributed by atoms with Crippen molar-refractivity contribution in [2.45, 2.75) is 13.8 Å². The quantitative estimate of drug-likeness (QED) is 0.877. The second kappa shape index (κ2) is 7.23. The second-order valence-corrected chi connectivity index (χ2v) is 7.98. The van der Waals surface area contributed by atoms with Crippen molar-refractivity contribution < 1.29 is 13.2 Å². The van der Waals surface area contributed by atoms with Crippen LogP contribution in [0.4, 0.5) is 11.4 Å². The summed E-state index contributed by atoms with van der Waals surface area (Å²) in [6.07, 6.45) is 0. The zero-order valence-electron chi connectivity index (χ0n) is 13.7. The molecule has 0 unspecified atom stereocenters. The number of halogens is 1. The number of carbonyl (C=O) groups excluding carboxylic acids is 1. The largest absolute Gasteiger partial charge is 0.322 e. The van der Waals surface area contributed by atoms with Crippen molar-refractivity contribution in [3.05, 3.63) is 58.6 Å². The number of anilines is 2. The van der Waals surface area contributed by atoms with Gasteiger partial charge in [0.2, 0.25) is 10.0 Å². The van der Waals surface area contributed by atoms with Crippen LogP contribution in [0.3, 0.4) is 0 Å². The number of benzene rings is 2. The van der Waals surface area contributed by atoms with Crippen molar-refractivity contribution in [2.24, 2.45) is 0 Å². The van der Waals surface area contributed by atoms with Crippen molar-refractivity contribution >= 4 is 38.9 Å². The Morgan fingerprint density at radius 3 is 2.54 bits per heavy atom. The number of amides is 1. The molecule has 0 radical (unpaired) electrons. The number of nitrogens with zero attached hydrogens (tertiary/aromatic N) is 1. The third-order valence-electron chi connectivity index (χ3n) is 3.77. The van der Waals surface area contributed by atoms with E-state index < -0.39 is 10.0 Å². The molecule has 0 saturated heterocycles. The van der Waals surface area contributed by atoms with E-state index in [1.807, 2.05) is 6.92 Å².